The van der Waals surface area contributed by atoms with Gasteiger partial charge in [0.15, 0.2) is 0 Å². The molecule has 1 rings (SSSR count). The van der Waals surface area contributed by atoms with Gasteiger partial charge < -0.3 is 20.5 Å². The maximum Gasteiger partial charge on any atom is 0.227 e. The second-order valence-corrected chi connectivity index (χ2v) is 4.82. The van der Waals surface area contributed by atoms with E-state index in [1.54, 1.807) is 0 Å². The predicted octanol–water partition coefficient (Wildman–Crippen LogP) is 1.10. The maximum absolute atomic E-state index is 12.1. The molecule has 0 aliphatic carbocycles. The first-order valence-corrected chi connectivity index (χ1v) is 6.89. The standard InChI is InChI=1S/C13H26N2O3.ClH/c1-2-3-7-17-10-6-15-12(16)13(11-14)4-8-18-9-5-13;/h2-11,14H2,1H3,(H,15,16);1H. The molecule has 0 bridgehead atoms. The van der Waals surface area contributed by atoms with Crippen molar-refractivity contribution in [3.8, 4) is 0 Å². The summed E-state index contributed by atoms with van der Waals surface area (Å²) >= 11 is 0. The highest BCUT2D eigenvalue weighted by Crippen LogP contribution is 2.29. The van der Waals surface area contributed by atoms with Crippen LogP contribution in [0.2, 0.25) is 0 Å². The van der Waals surface area contributed by atoms with Gasteiger partial charge in [-0.05, 0) is 19.3 Å². The third kappa shape index (κ3) is 6.08. The van der Waals surface area contributed by atoms with Crippen molar-refractivity contribution in [2.24, 2.45) is 11.1 Å². The summed E-state index contributed by atoms with van der Waals surface area (Å²) in [4.78, 5) is 12.1. The van der Waals surface area contributed by atoms with E-state index in [4.69, 9.17) is 15.2 Å². The molecule has 1 aliphatic rings. The molecule has 114 valence electrons. The summed E-state index contributed by atoms with van der Waals surface area (Å²) in [5, 5.41) is 2.92. The lowest BCUT2D eigenvalue weighted by Gasteiger charge is -2.34. The number of halogens is 1. The van der Waals surface area contributed by atoms with Crippen molar-refractivity contribution in [3.63, 3.8) is 0 Å². The zero-order valence-electron chi connectivity index (χ0n) is 11.8. The number of carbonyl (C=O) groups excluding carboxylic acids is 1. The van der Waals surface area contributed by atoms with E-state index in [9.17, 15) is 4.79 Å². The highest BCUT2D eigenvalue weighted by Gasteiger charge is 2.38. The molecular weight excluding hydrogens is 268 g/mol. The minimum absolute atomic E-state index is 0. The van der Waals surface area contributed by atoms with Gasteiger partial charge in [-0.1, -0.05) is 13.3 Å². The van der Waals surface area contributed by atoms with E-state index in [0.29, 0.717) is 45.8 Å². The first kappa shape index (κ1) is 18.6. The van der Waals surface area contributed by atoms with Gasteiger partial charge >= 0.3 is 0 Å². The van der Waals surface area contributed by atoms with Gasteiger partial charge in [-0.25, -0.2) is 0 Å². The number of amides is 1. The first-order chi connectivity index (χ1) is 8.75. The molecule has 0 aromatic carbocycles. The van der Waals surface area contributed by atoms with Crippen LogP contribution in [0, 0.1) is 5.41 Å². The SMILES string of the molecule is CCCCOCCNC(=O)C1(CN)CCOCC1.Cl. The summed E-state index contributed by atoms with van der Waals surface area (Å²) in [7, 11) is 0. The number of carbonyl (C=O) groups is 1. The van der Waals surface area contributed by atoms with Gasteiger partial charge in [0.2, 0.25) is 5.91 Å². The van der Waals surface area contributed by atoms with Crippen LogP contribution in [0.1, 0.15) is 32.6 Å². The number of hydrogen-bond acceptors (Lipinski definition) is 4. The average Bonchev–Trinajstić information content (AvgIpc) is 2.43. The first-order valence-electron chi connectivity index (χ1n) is 6.89. The molecule has 0 radical (unpaired) electrons. The van der Waals surface area contributed by atoms with Crippen molar-refractivity contribution in [1.29, 1.82) is 0 Å². The summed E-state index contributed by atoms with van der Waals surface area (Å²) < 4.78 is 10.7. The maximum atomic E-state index is 12.1. The van der Waals surface area contributed by atoms with Crippen LogP contribution in [0.4, 0.5) is 0 Å². The molecule has 1 amide bonds. The molecule has 1 heterocycles. The van der Waals surface area contributed by atoms with Crippen LogP contribution in [-0.4, -0.2) is 45.4 Å². The second-order valence-electron chi connectivity index (χ2n) is 4.82. The van der Waals surface area contributed by atoms with Gasteiger partial charge in [0.25, 0.3) is 0 Å². The Morgan fingerprint density at radius 2 is 2.05 bits per heavy atom. The van der Waals surface area contributed by atoms with E-state index in [-0.39, 0.29) is 18.3 Å². The molecule has 19 heavy (non-hydrogen) atoms. The fraction of sp³-hybridized carbons (Fsp3) is 0.923. The zero-order chi connectivity index (χ0) is 13.3. The summed E-state index contributed by atoms with van der Waals surface area (Å²) in [6.45, 7) is 5.66. The third-order valence-electron chi connectivity index (χ3n) is 3.50. The van der Waals surface area contributed by atoms with Crippen molar-refractivity contribution < 1.29 is 14.3 Å². The van der Waals surface area contributed by atoms with E-state index in [1.165, 1.54) is 0 Å². The minimum Gasteiger partial charge on any atom is -0.381 e. The van der Waals surface area contributed by atoms with E-state index < -0.39 is 5.41 Å². The molecular formula is C13H27ClN2O3. The molecule has 0 spiro atoms. The van der Waals surface area contributed by atoms with Crippen LogP contribution in [0.5, 0.6) is 0 Å². The number of ether oxygens (including phenoxy) is 2. The third-order valence-corrected chi connectivity index (χ3v) is 3.50. The van der Waals surface area contributed by atoms with Gasteiger partial charge in [0.05, 0.1) is 12.0 Å². The lowest BCUT2D eigenvalue weighted by Crippen LogP contribution is -2.49. The summed E-state index contributed by atoms with van der Waals surface area (Å²) in [6, 6.07) is 0. The Hall–Kier alpha value is -0.360. The lowest BCUT2D eigenvalue weighted by atomic mass is 9.79. The Balaban J connectivity index is 0.00000324. The van der Waals surface area contributed by atoms with Crippen LogP contribution in [0.15, 0.2) is 0 Å². The highest BCUT2D eigenvalue weighted by molar-refractivity contribution is 5.85. The van der Waals surface area contributed by atoms with Crippen LogP contribution in [-0.2, 0) is 14.3 Å². The largest absolute Gasteiger partial charge is 0.381 e. The Labute approximate surface area is 122 Å². The monoisotopic (exact) mass is 294 g/mol. The van der Waals surface area contributed by atoms with Crippen LogP contribution in [0.3, 0.4) is 0 Å². The smallest absolute Gasteiger partial charge is 0.227 e. The van der Waals surface area contributed by atoms with Crippen LogP contribution in [0.25, 0.3) is 0 Å². The van der Waals surface area contributed by atoms with Gasteiger partial charge in [-0.3, -0.25) is 4.79 Å². The van der Waals surface area contributed by atoms with E-state index >= 15 is 0 Å². The Morgan fingerprint density at radius 1 is 1.37 bits per heavy atom. The molecule has 5 nitrogen and oxygen atoms in total. The van der Waals surface area contributed by atoms with Crippen LogP contribution < -0.4 is 11.1 Å². The molecule has 0 unspecified atom stereocenters. The molecule has 1 fully saturated rings. The van der Waals surface area contributed by atoms with Crippen molar-refractivity contribution in [2.45, 2.75) is 32.6 Å². The topological polar surface area (TPSA) is 73.6 Å². The van der Waals surface area contributed by atoms with Gasteiger partial charge in [-0.2, -0.15) is 0 Å². The van der Waals surface area contributed by atoms with Crippen molar-refractivity contribution in [2.75, 3.05) is 39.5 Å². The van der Waals surface area contributed by atoms with Crippen LogP contribution >= 0.6 is 12.4 Å². The summed E-state index contributed by atoms with van der Waals surface area (Å²) in [5.74, 6) is 0.0485. The average molecular weight is 295 g/mol. The van der Waals surface area contributed by atoms with E-state index in [2.05, 4.69) is 12.2 Å². The summed E-state index contributed by atoms with van der Waals surface area (Å²) in [6.07, 6.45) is 3.62. The molecule has 0 saturated carbocycles. The Morgan fingerprint density at radius 3 is 2.63 bits per heavy atom. The molecule has 1 aliphatic heterocycles. The van der Waals surface area contributed by atoms with Gasteiger partial charge in [-0.15, -0.1) is 12.4 Å². The minimum atomic E-state index is -0.429. The van der Waals surface area contributed by atoms with Gasteiger partial charge in [0, 0.05) is 32.9 Å². The molecule has 0 aromatic rings. The normalized spacial score (nSPS) is 17.6. The lowest BCUT2D eigenvalue weighted by molar-refractivity contribution is -0.136. The van der Waals surface area contributed by atoms with Crippen molar-refractivity contribution in [1.82, 2.24) is 5.32 Å². The molecule has 3 N–H and O–H groups in total. The fourth-order valence-electron chi connectivity index (χ4n) is 2.06. The second kappa shape index (κ2) is 10.4. The van der Waals surface area contributed by atoms with Gasteiger partial charge in [0.1, 0.15) is 0 Å². The summed E-state index contributed by atoms with van der Waals surface area (Å²) in [5.41, 5.74) is 5.33. The number of rotatable bonds is 8. The van der Waals surface area contributed by atoms with Crippen molar-refractivity contribution in [3.05, 3.63) is 0 Å². The number of hydrogen-bond donors (Lipinski definition) is 2. The molecule has 0 atom stereocenters. The quantitative estimate of drug-likeness (QED) is 0.658. The Kier molecular flexibility index (Phi) is 10.2. The van der Waals surface area contributed by atoms with E-state index in [1.807, 2.05) is 0 Å². The number of nitrogens with one attached hydrogen (secondary N) is 1. The molecule has 6 heteroatoms. The van der Waals surface area contributed by atoms with E-state index in [0.717, 1.165) is 19.4 Å². The molecule has 1 saturated heterocycles. The number of nitrogens with two attached hydrogens (primary N) is 1. The highest BCUT2D eigenvalue weighted by atomic mass is 35.5. The fourth-order valence-corrected chi connectivity index (χ4v) is 2.06. The molecule has 0 aromatic heterocycles. The predicted molar refractivity (Wildman–Crippen MR) is 77.5 cm³/mol. The zero-order valence-corrected chi connectivity index (χ0v) is 12.6. The Bertz CT molecular complexity index is 246. The van der Waals surface area contributed by atoms with Crippen molar-refractivity contribution >= 4 is 18.3 Å². The number of unbranched alkanes of at least 4 members (excludes halogenated alkanes) is 1.